The van der Waals surface area contributed by atoms with Crippen molar-refractivity contribution in [3.63, 3.8) is 0 Å². The number of unbranched alkanes of at least 4 members (excludes halogenated alkanes) is 50. The normalized spacial score (nSPS) is 26.4. The lowest BCUT2D eigenvalue weighted by atomic mass is 9.96. The highest BCUT2D eigenvalue weighted by molar-refractivity contribution is 5.76. The molecular weight excluding hydrogens is 1290 g/mol. The van der Waals surface area contributed by atoms with Gasteiger partial charge in [-0.3, -0.25) is 4.79 Å². The van der Waals surface area contributed by atoms with E-state index in [1.807, 2.05) is 6.08 Å². The Hall–Kier alpha value is -1.73. The Bertz CT molecular complexity index is 1920. The van der Waals surface area contributed by atoms with Crippen LogP contribution in [-0.4, -0.2) is 193 Å². The molecule has 0 aromatic carbocycles. The first kappa shape index (κ1) is 93.5. The molecule has 19 heteroatoms. The lowest BCUT2D eigenvalue weighted by Crippen LogP contribution is -2.66. The summed E-state index contributed by atoms with van der Waals surface area (Å²) < 4.78 is 34.5. The van der Waals surface area contributed by atoms with E-state index in [4.69, 9.17) is 28.4 Å². The van der Waals surface area contributed by atoms with Gasteiger partial charge in [0, 0.05) is 6.42 Å². The molecule has 3 aliphatic rings. The fourth-order valence-corrected chi connectivity index (χ4v) is 14.5. The van der Waals surface area contributed by atoms with Gasteiger partial charge in [-0.25, -0.2) is 0 Å². The Morgan fingerprint density at radius 1 is 0.347 bits per heavy atom. The summed E-state index contributed by atoms with van der Waals surface area (Å²) in [5.74, 6) is -0.267. The Kier molecular flexibility index (Phi) is 58.5. The number of nitrogens with one attached hydrogen (secondary N) is 1. The van der Waals surface area contributed by atoms with Crippen molar-refractivity contribution in [3.05, 3.63) is 24.3 Å². The Labute approximate surface area is 613 Å². The summed E-state index contributed by atoms with van der Waals surface area (Å²) in [6.45, 7) is 1.80. The lowest BCUT2D eigenvalue weighted by molar-refractivity contribution is -0.379. The molecular formula is C82H155NO18. The number of aliphatic hydroxyl groups is 11. The number of hydrogen-bond acceptors (Lipinski definition) is 18. The molecule has 12 N–H and O–H groups in total. The van der Waals surface area contributed by atoms with E-state index in [0.29, 0.717) is 6.42 Å². The summed E-state index contributed by atoms with van der Waals surface area (Å²) in [5, 5.41) is 121. The molecule has 3 heterocycles. The van der Waals surface area contributed by atoms with Crippen LogP contribution in [0.1, 0.15) is 361 Å². The first-order valence-electron chi connectivity index (χ1n) is 42.1. The van der Waals surface area contributed by atoms with E-state index in [2.05, 4.69) is 31.3 Å². The second-order valence-electron chi connectivity index (χ2n) is 30.3. The molecule has 3 rings (SSSR count). The molecule has 596 valence electrons. The molecule has 0 spiro atoms. The van der Waals surface area contributed by atoms with Crippen molar-refractivity contribution in [2.24, 2.45) is 0 Å². The first-order chi connectivity index (χ1) is 49.3. The van der Waals surface area contributed by atoms with Gasteiger partial charge in [-0.05, 0) is 44.9 Å². The van der Waals surface area contributed by atoms with Crippen LogP contribution in [0.5, 0.6) is 0 Å². The van der Waals surface area contributed by atoms with E-state index in [1.165, 1.54) is 289 Å². The molecule has 0 aromatic rings. The van der Waals surface area contributed by atoms with Gasteiger partial charge in [-0.15, -0.1) is 0 Å². The van der Waals surface area contributed by atoms with Gasteiger partial charge in [0.1, 0.15) is 73.2 Å². The molecule has 0 bridgehead atoms. The highest BCUT2D eigenvalue weighted by atomic mass is 16.8. The van der Waals surface area contributed by atoms with Crippen molar-refractivity contribution in [1.29, 1.82) is 0 Å². The summed E-state index contributed by atoms with van der Waals surface area (Å²) in [6, 6.07) is -0.972. The van der Waals surface area contributed by atoms with Gasteiger partial charge < -0.3 is 89.9 Å². The molecule has 0 aromatic heterocycles. The van der Waals surface area contributed by atoms with Gasteiger partial charge in [-0.2, -0.15) is 0 Å². The molecule has 0 radical (unpaired) electrons. The maximum absolute atomic E-state index is 13.5. The zero-order valence-electron chi connectivity index (χ0n) is 63.9. The standard InChI is InChI=1S/C82H155NO18/c1-3-5-7-9-11-13-15-17-19-21-23-25-27-29-30-31-32-33-34-36-38-40-42-44-46-48-50-52-54-56-58-60-70(88)83-65(66(87)59-57-55-53-51-49-47-45-43-41-39-37-35-28-26-24-22-20-18-16-14-12-10-8-6-4-2)64-96-80-76(94)73(91)78(68(62-85)98-80)101-82-77(95)74(92)79(69(63-86)99-82)100-81-75(93)72(90)71(89)67(61-84)97-81/h21,23,57,59,65-69,71-82,84-87,89-95H,3-20,22,24-56,58,60-64H2,1-2H3,(H,83,88)/b23-21-,59-57+. The molecule has 101 heavy (non-hydrogen) atoms. The maximum Gasteiger partial charge on any atom is 0.220 e. The monoisotopic (exact) mass is 1440 g/mol. The minimum Gasteiger partial charge on any atom is -0.394 e. The molecule has 3 aliphatic heterocycles. The van der Waals surface area contributed by atoms with Gasteiger partial charge in [0.2, 0.25) is 5.91 Å². The highest BCUT2D eigenvalue weighted by Gasteiger charge is 2.54. The van der Waals surface area contributed by atoms with Gasteiger partial charge in [0.15, 0.2) is 18.9 Å². The van der Waals surface area contributed by atoms with Crippen molar-refractivity contribution >= 4 is 5.91 Å². The quantitative estimate of drug-likeness (QED) is 0.0199. The molecule has 1 amide bonds. The Morgan fingerprint density at radius 2 is 0.624 bits per heavy atom. The molecule has 0 aliphatic carbocycles. The summed E-state index contributed by atoms with van der Waals surface area (Å²) in [7, 11) is 0. The van der Waals surface area contributed by atoms with E-state index in [9.17, 15) is 61.0 Å². The second kappa shape index (κ2) is 63.2. The van der Waals surface area contributed by atoms with Crippen LogP contribution in [0.4, 0.5) is 0 Å². The van der Waals surface area contributed by atoms with Crippen LogP contribution < -0.4 is 5.32 Å². The summed E-state index contributed by atoms with van der Waals surface area (Å²) in [6.07, 6.45) is 50.3. The van der Waals surface area contributed by atoms with Crippen LogP contribution in [0.25, 0.3) is 0 Å². The number of aliphatic hydroxyl groups excluding tert-OH is 11. The van der Waals surface area contributed by atoms with Gasteiger partial charge in [0.05, 0.1) is 38.6 Å². The fraction of sp³-hybridized carbons (Fsp3) is 0.939. The van der Waals surface area contributed by atoms with Crippen LogP contribution in [0.3, 0.4) is 0 Å². The molecule has 0 saturated carbocycles. The highest BCUT2D eigenvalue weighted by Crippen LogP contribution is 2.33. The summed E-state index contributed by atoms with van der Waals surface area (Å²) in [4.78, 5) is 13.5. The van der Waals surface area contributed by atoms with Crippen molar-refractivity contribution in [1.82, 2.24) is 5.32 Å². The maximum atomic E-state index is 13.5. The third-order valence-electron chi connectivity index (χ3n) is 21.2. The van der Waals surface area contributed by atoms with E-state index < -0.39 is 124 Å². The molecule has 3 fully saturated rings. The van der Waals surface area contributed by atoms with E-state index in [0.717, 1.165) is 44.9 Å². The minimum absolute atomic E-state index is 0.248. The molecule has 17 atom stereocenters. The zero-order valence-corrected chi connectivity index (χ0v) is 63.9. The van der Waals surface area contributed by atoms with Gasteiger partial charge in [0.25, 0.3) is 0 Å². The van der Waals surface area contributed by atoms with E-state index in [-0.39, 0.29) is 18.9 Å². The topological polar surface area (TPSA) is 307 Å². The van der Waals surface area contributed by atoms with Crippen molar-refractivity contribution in [2.45, 2.75) is 465 Å². The van der Waals surface area contributed by atoms with Crippen molar-refractivity contribution < 1.29 is 89.4 Å². The van der Waals surface area contributed by atoms with Crippen molar-refractivity contribution in [2.75, 3.05) is 26.4 Å². The largest absolute Gasteiger partial charge is 0.394 e. The molecule has 17 unspecified atom stereocenters. The number of amides is 1. The van der Waals surface area contributed by atoms with Gasteiger partial charge in [-0.1, -0.05) is 334 Å². The third-order valence-corrected chi connectivity index (χ3v) is 21.2. The number of rotatable bonds is 68. The van der Waals surface area contributed by atoms with Crippen LogP contribution in [0.2, 0.25) is 0 Å². The average Bonchev–Trinajstić information content (AvgIpc) is 0.792. The molecule has 19 nitrogen and oxygen atoms in total. The minimum atomic E-state index is -1.98. The van der Waals surface area contributed by atoms with Gasteiger partial charge >= 0.3 is 0 Å². The average molecular weight is 1440 g/mol. The Morgan fingerprint density at radius 3 is 0.960 bits per heavy atom. The summed E-state index contributed by atoms with van der Waals surface area (Å²) in [5.41, 5.74) is 0. The number of carbonyl (C=O) groups excluding carboxylic acids is 1. The lowest BCUT2D eigenvalue weighted by Gasteiger charge is -2.48. The number of allylic oxidation sites excluding steroid dienone is 3. The number of ether oxygens (including phenoxy) is 6. The Balaban J connectivity index is 1.36. The fourth-order valence-electron chi connectivity index (χ4n) is 14.5. The predicted octanol–water partition coefficient (Wildman–Crippen LogP) is 14.5. The zero-order chi connectivity index (χ0) is 73.2. The van der Waals surface area contributed by atoms with Crippen LogP contribution in [0, 0.1) is 0 Å². The van der Waals surface area contributed by atoms with E-state index in [1.54, 1.807) is 6.08 Å². The van der Waals surface area contributed by atoms with Crippen LogP contribution in [0.15, 0.2) is 24.3 Å². The second-order valence-corrected chi connectivity index (χ2v) is 30.3. The van der Waals surface area contributed by atoms with E-state index >= 15 is 0 Å². The molecule has 3 saturated heterocycles. The summed E-state index contributed by atoms with van der Waals surface area (Å²) >= 11 is 0. The number of carbonyl (C=O) groups is 1. The first-order valence-corrected chi connectivity index (χ1v) is 42.1. The van der Waals surface area contributed by atoms with Crippen LogP contribution in [-0.2, 0) is 33.2 Å². The third kappa shape index (κ3) is 43.2. The predicted molar refractivity (Wildman–Crippen MR) is 402 cm³/mol. The smallest absolute Gasteiger partial charge is 0.220 e. The number of hydrogen-bond donors (Lipinski definition) is 12. The van der Waals surface area contributed by atoms with Crippen molar-refractivity contribution in [3.8, 4) is 0 Å². The van der Waals surface area contributed by atoms with Crippen LogP contribution >= 0.6 is 0 Å². The SMILES string of the molecule is CCCCCCCCCC/C=C\CCCCCCCCCCCCCCCCCCCCCC(=O)NC(COC1OC(CO)C(OC2OC(CO)C(OC3OC(CO)C(O)C(O)C3O)C(O)C2O)C(O)C1O)C(O)/C=C/CCCCCCCCCCCCCCCCCCCCCCCCC.